The number of aryl methyl sites for hydroxylation is 2. The zero-order valence-corrected chi connectivity index (χ0v) is 16.4. The average molecular weight is 392 g/mol. The topological polar surface area (TPSA) is 76.9 Å². The number of para-hydroxylation sites is 1. The van der Waals surface area contributed by atoms with E-state index in [0.29, 0.717) is 17.9 Å². The van der Waals surface area contributed by atoms with E-state index in [2.05, 4.69) is 14.8 Å². The first-order valence-corrected chi connectivity index (χ1v) is 10.4. The highest BCUT2D eigenvalue weighted by Crippen LogP contribution is 2.26. The molecule has 28 heavy (non-hydrogen) atoms. The lowest BCUT2D eigenvalue weighted by atomic mass is 10.2. The largest absolute Gasteiger partial charge is 0.279 e. The van der Waals surface area contributed by atoms with Crippen LogP contribution in [0.3, 0.4) is 0 Å². The van der Waals surface area contributed by atoms with Crippen LogP contribution in [-0.2, 0) is 16.6 Å². The Morgan fingerprint density at radius 1 is 1.00 bits per heavy atom. The average Bonchev–Trinajstić information content (AvgIpc) is 3.03. The highest BCUT2D eigenvalue weighted by molar-refractivity contribution is 7.92. The van der Waals surface area contributed by atoms with E-state index in [4.69, 9.17) is 0 Å². The first kappa shape index (κ1) is 18.2. The van der Waals surface area contributed by atoms with Crippen LogP contribution in [0.25, 0.3) is 10.9 Å². The van der Waals surface area contributed by atoms with Crippen LogP contribution in [0, 0.1) is 13.8 Å². The van der Waals surface area contributed by atoms with Crippen LogP contribution in [-0.4, -0.2) is 23.2 Å². The molecule has 0 amide bonds. The van der Waals surface area contributed by atoms with Crippen molar-refractivity contribution in [2.45, 2.75) is 25.3 Å². The van der Waals surface area contributed by atoms with E-state index in [9.17, 15) is 8.42 Å². The molecule has 0 bridgehead atoms. The summed E-state index contributed by atoms with van der Waals surface area (Å²) >= 11 is 0. The van der Waals surface area contributed by atoms with Crippen molar-refractivity contribution in [3.63, 3.8) is 0 Å². The van der Waals surface area contributed by atoms with Crippen molar-refractivity contribution in [3.8, 4) is 0 Å². The summed E-state index contributed by atoms with van der Waals surface area (Å²) in [7, 11) is -3.78. The Morgan fingerprint density at radius 3 is 2.50 bits per heavy atom. The molecular weight excluding hydrogens is 372 g/mol. The van der Waals surface area contributed by atoms with Crippen molar-refractivity contribution in [3.05, 3.63) is 83.8 Å². The van der Waals surface area contributed by atoms with Gasteiger partial charge in [0.15, 0.2) is 0 Å². The van der Waals surface area contributed by atoms with Gasteiger partial charge in [-0.1, -0.05) is 48.5 Å². The summed E-state index contributed by atoms with van der Waals surface area (Å²) in [5, 5.41) is 5.13. The fraction of sp³-hybridized carbons (Fsp3) is 0.143. The van der Waals surface area contributed by atoms with E-state index in [1.807, 2.05) is 61.5 Å². The number of nitrogens with one attached hydrogen (secondary N) is 1. The van der Waals surface area contributed by atoms with Crippen LogP contribution in [0.15, 0.2) is 71.8 Å². The fourth-order valence-corrected chi connectivity index (χ4v) is 4.47. The molecule has 7 heteroatoms. The van der Waals surface area contributed by atoms with Crippen molar-refractivity contribution in [1.29, 1.82) is 0 Å². The normalized spacial score (nSPS) is 11.6. The predicted molar refractivity (Wildman–Crippen MR) is 110 cm³/mol. The van der Waals surface area contributed by atoms with Gasteiger partial charge in [-0.25, -0.2) is 8.42 Å². The number of hydrogen-bond acceptors (Lipinski definition) is 4. The quantitative estimate of drug-likeness (QED) is 0.559. The Labute approximate surface area is 163 Å². The highest BCUT2D eigenvalue weighted by Gasteiger charge is 2.22. The number of fused-ring (bicyclic) bond motifs is 1. The molecule has 0 unspecified atom stereocenters. The van der Waals surface area contributed by atoms with Crippen molar-refractivity contribution >= 4 is 26.6 Å². The standard InChI is InChI=1S/C21H20N4O2S/c1-15-12-20(18-10-6-7-11-19(18)22-15)24-28(26,27)21-14-25(23-16(21)2)13-17-8-4-3-5-9-17/h3-12,14H,13H2,1-2H3,(H,22,24). The monoisotopic (exact) mass is 392 g/mol. The Morgan fingerprint density at radius 2 is 1.71 bits per heavy atom. The molecular formula is C21H20N4O2S. The zero-order chi connectivity index (χ0) is 19.7. The van der Waals surface area contributed by atoms with Crippen LogP contribution in [0.4, 0.5) is 5.69 Å². The minimum absolute atomic E-state index is 0.168. The minimum Gasteiger partial charge on any atom is -0.279 e. The van der Waals surface area contributed by atoms with E-state index in [1.165, 1.54) is 0 Å². The van der Waals surface area contributed by atoms with E-state index >= 15 is 0 Å². The van der Waals surface area contributed by atoms with E-state index in [-0.39, 0.29) is 4.90 Å². The predicted octanol–water partition coefficient (Wildman–Crippen LogP) is 3.90. The molecule has 0 spiro atoms. The zero-order valence-electron chi connectivity index (χ0n) is 15.6. The molecule has 0 radical (unpaired) electrons. The van der Waals surface area contributed by atoms with Crippen molar-refractivity contribution < 1.29 is 8.42 Å². The Balaban J connectivity index is 1.68. The van der Waals surface area contributed by atoms with Crippen molar-refractivity contribution in [2.75, 3.05) is 4.72 Å². The number of pyridine rings is 1. The number of sulfonamides is 1. The number of anilines is 1. The van der Waals surface area contributed by atoms with Gasteiger partial charge < -0.3 is 0 Å². The number of aromatic nitrogens is 3. The van der Waals surface area contributed by atoms with Crippen LogP contribution >= 0.6 is 0 Å². The first-order chi connectivity index (χ1) is 13.4. The van der Waals surface area contributed by atoms with Crippen molar-refractivity contribution in [2.24, 2.45) is 0 Å². The van der Waals surface area contributed by atoms with Gasteiger partial charge in [0, 0.05) is 17.3 Å². The summed E-state index contributed by atoms with van der Waals surface area (Å²) in [6.45, 7) is 4.05. The van der Waals surface area contributed by atoms with Gasteiger partial charge in [-0.2, -0.15) is 5.10 Å². The molecule has 2 heterocycles. The molecule has 0 atom stereocenters. The van der Waals surface area contributed by atoms with Gasteiger partial charge in [0.1, 0.15) is 4.90 Å². The molecule has 0 fully saturated rings. The third-order valence-corrected chi connectivity index (χ3v) is 5.94. The summed E-state index contributed by atoms with van der Waals surface area (Å²) < 4.78 is 30.5. The molecule has 4 rings (SSSR count). The van der Waals surface area contributed by atoms with Crippen LogP contribution in [0.2, 0.25) is 0 Å². The summed E-state index contributed by atoms with van der Waals surface area (Å²) in [5.74, 6) is 0. The van der Waals surface area contributed by atoms with Crippen LogP contribution < -0.4 is 4.72 Å². The SMILES string of the molecule is Cc1cc(NS(=O)(=O)c2cn(Cc3ccccc3)nc2C)c2ccccc2n1. The summed E-state index contributed by atoms with van der Waals surface area (Å²) in [4.78, 5) is 4.62. The third kappa shape index (κ3) is 3.61. The van der Waals surface area contributed by atoms with Gasteiger partial charge in [0.05, 0.1) is 23.4 Å². The molecule has 0 aliphatic carbocycles. The smallest absolute Gasteiger partial charge is 0.265 e. The Kier molecular flexibility index (Phi) is 4.60. The third-order valence-electron chi connectivity index (χ3n) is 4.47. The molecule has 0 aliphatic heterocycles. The Bertz CT molecular complexity index is 1250. The second-order valence-corrected chi connectivity index (χ2v) is 8.35. The maximum atomic E-state index is 13.1. The summed E-state index contributed by atoms with van der Waals surface area (Å²) in [5.41, 5.74) is 3.51. The minimum atomic E-state index is -3.78. The van der Waals surface area contributed by atoms with Crippen molar-refractivity contribution in [1.82, 2.24) is 14.8 Å². The Hall–Kier alpha value is -3.19. The molecule has 0 saturated carbocycles. The number of nitrogens with zero attached hydrogens (tertiary/aromatic N) is 3. The van der Waals surface area contributed by atoms with Gasteiger partial charge in [-0.05, 0) is 31.5 Å². The van der Waals surface area contributed by atoms with Gasteiger partial charge in [0.25, 0.3) is 10.0 Å². The maximum Gasteiger partial charge on any atom is 0.265 e. The van der Waals surface area contributed by atoms with Gasteiger partial charge >= 0.3 is 0 Å². The number of benzene rings is 2. The van der Waals surface area contributed by atoms with Crippen LogP contribution in [0.1, 0.15) is 17.0 Å². The fourth-order valence-electron chi connectivity index (χ4n) is 3.21. The first-order valence-electron chi connectivity index (χ1n) is 8.89. The molecule has 142 valence electrons. The lowest BCUT2D eigenvalue weighted by molar-refractivity contribution is 0.600. The molecule has 6 nitrogen and oxygen atoms in total. The van der Waals surface area contributed by atoms with Gasteiger partial charge in [0.2, 0.25) is 0 Å². The summed E-state index contributed by atoms with van der Waals surface area (Å²) in [6, 6.07) is 19.0. The lowest BCUT2D eigenvalue weighted by Crippen LogP contribution is -2.14. The molecule has 4 aromatic rings. The second kappa shape index (κ2) is 7.09. The molecule has 2 aromatic carbocycles. The molecule has 2 aromatic heterocycles. The highest BCUT2D eigenvalue weighted by atomic mass is 32.2. The molecule has 0 aliphatic rings. The summed E-state index contributed by atoms with van der Waals surface area (Å²) in [6.07, 6.45) is 1.57. The molecule has 0 saturated heterocycles. The maximum absolute atomic E-state index is 13.1. The van der Waals surface area contributed by atoms with E-state index in [0.717, 1.165) is 22.2 Å². The van der Waals surface area contributed by atoms with Gasteiger partial charge in [-0.15, -0.1) is 0 Å². The van der Waals surface area contributed by atoms with E-state index < -0.39 is 10.0 Å². The second-order valence-electron chi connectivity index (χ2n) is 6.70. The number of hydrogen-bond donors (Lipinski definition) is 1. The lowest BCUT2D eigenvalue weighted by Gasteiger charge is -2.11. The van der Waals surface area contributed by atoms with E-state index in [1.54, 1.807) is 23.9 Å². The molecule has 1 N–H and O–H groups in total. The number of rotatable bonds is 5. The van der Waals surface area contributed by atoms with Crippen LogP contribution in [0.5, 0.6) is 0 Å². The van der Waals surface area contributed by atoms with Gasteiger partial charge in [-0.3, -0.25) is 14.4 Å².